The third-order valence-electron chi connectivity index (χ3n) is 6.39. The maximum Gasteiger partial charge on any atom is 0.153 e. The van der Waals surface area contributed by atoms with Crippen LogP contribution in [0.2, 0.25) is 0 Å². The number of hydrogen-bond donors (Lipinski definition) is 0. The molecule has 1 aliphatic rings. The van der Waals surface area contributed by atoms with Gasteiger partial charge in [0, 0.05) is 26.2 Å². The maximum atomic E-state index is 12.8. The minimum atomic E-state index is 0.224. The van der Waals surface area contributed by atoms with E-state index in [0.717, 1.165) is 47.2 Å². The topological polar surface area (TPSA) is 45.7 Å². The minimum Gasteiger partial charge on any atom is -0.497 e. The Balaban J connectivity index is 1.20. The summed E-state index contributed by atoms with van der Waals surface area (Å²) in [4.78, 5) is 22.3. The molecule has 0 spiro atoms. The number of carbonyl (C=O) groups is 1. The quantitative estimate of drug-likeness (QED) is 0.369. The van der Waals surface area contributed by atoms with Crippen LogP contribution in [0.1, 0.15) is 22.2 Å². The number of hydrogen-bond acceptors (Lipinski definition) is 6. The van der Waals surface area contributed by atoms with Crippen LogP contribution in [0.25, 0.3) is 10.2 Å². The Morgan fingerprint density at radius 1 is 0.941 bits per heavy atom. The zero-order chi connectivity index (χ0) is 23.3. The summed E-state index contributed by atoms with van der Waals surface area (Å²) in [6, 6.07) is 27.5. The fourth-order valence-corrected chi connectivity index (χ4v) is 5.72. The van der Waals surface area contributed by atoms with Crippen molar-refractivity contribution in [1.82, 2.24) is 14.8 Å². The van der Waals surface area contributed by atoms with Crippen molar-refractivity contribution >= 4 is 27.3 Å². The van der Waals surface area contributed by atoms with E-state index in [-0.39, 0.29) is 11.8 Å². The third kappa shape index (κ3) is 5.20. The van der Waals surface area contributed by atoms with E-state index in [1.165, 1.54) is 11.1 Å². The Morgan fingerprint density at radius 3 is 2.21 bits per heavy atom. The number of ether oxygens (including phenoxy) is 1. The Labute approximate surface area is 204 Å². The highest BCUT2D eigenvalue weighted by Gasteiger charge is 2.27. The number of fused-ring (bicyclic) bond motifs is 1. The molecule has 0 N–H and O–H groups in total. The Hall–Kier alpha value is -3.06. The molecule has 1 fully saturated rings. The zero-order valence-corrected chi connectivity index (χ0v) is 20.2. The van der Waals surface area contributed by atoms with Crippen LogP contribution in [0, 0.1) is 0 Å². The van der Waals surface area contributed by atoms with Crippen LogP contribution < -0.4 is 4.74 Å². The molecule has 0 aliphatic carbocycles. The second-order valence-electron chi connectivity index (χ2n) is 8.69. The summed E-state index contributed by atoms with van der Waals surface area (Å²) in [5.41, 5.74) is 3.55. The SMILES string of the molecule is COc1ccc2nc(CC(=O)CN3CCN(C(c4ccccc4)c4ccccc4)CC3)sc2c1. The van der Waals surface area contributed by atoms with Crippen LogP contribution in [0.4, 0.5) is 0 Å². The summed E-state index contributed by atoms with van der Waals surface area (Å²) in [6.45, 7) is 4.12. The molecule has 3 aromatic carbocycles. The number of aromatic nitrogens is 1. The molecule has 0 bridgehead atoms. The van der Waals surface area contributed by atoms with Crippen LogP contribution in [-0.4, -0.2) is 60.4 Å². The Bertz CT molecular complexity index is 1200. The molecule has 2 heterocycles. The zero-order valence-electron chi connectivity index (χ0n) is 19.4. The van der Waals surface area contributed by atoms with Gasteiger partial charge in [-0.2, -0.15) is 0 Å². The van der Waals surface area contributed by atoms with Crippen molar-refractivity contribution in [2.45, 2.75) is 12.5 Å². The lowest BCUT2D eigenvalue weighted by atomic mass is 9.96. The predicted octanol–water partition coefficient (Wildman–Crippen LogP) is 4.82. The second kappa shape index (κ2) is 10.5. The van der Waals surface area contributed by atoms with Crippen molar-refractivity contribution in [2.75, 3.05) is 39.8 Å². The van der Waals surface area contributed by atoms with Gasteiger partial charge in [0.1, 0.15) is 10.8 Å². The number of ketones is 1. The van der Waals surface area contributed by atoms with E-state index in [0.29, 0.717) is 13.0 Å². The van der Waals surface area contributed by atoms with Gasteiger partial charge in [0.25, 0.3) is 0 Å². The van der Waals surface area contributed by atoms with E-state index >= 15 is 0 Å². The van der Waals surface area contributed by atoms with Gasteiger partial charge in [-0.15, -0.1) is 11.3 Å². The molecule has 5 nitrogen and oxygen atoms in total. The normalized spacial score (nSPS) is 15.1. The van der Waals surface area contributed by atoms with Gasteiger partial charge in [0.05, 0.1) is 36.3 Å². The number of benzene rings is 3. The monoisotopic (exact) mass is 471 g/mol. The fraction of sp³-hybridized carbons (Fsp3) is 0.286. The molecular weight excluding hydrogens is 442 g/mol. The van der Waals surface area contributed by atoms with Gasteiger partial charge < -0.3 is 4.74 Å². The lowest BCUT2D eigenvalue weighted by Crippen LogP contribution is -2.49. The fourth-order valence-electron chi connectivity index (χ4n) is 4.69. The molecule has 0 saturated carbocycles. The van der Waals surface area contributed by atoms with Crippen molar-refractivity contribution in [2.24, 2.45) is 0 Å². The van der Waals surface area contributed by atoms with Gasteiger partial charge >= 0.3 is 0 Å². The van der Waals surface area contributed by atoms with E-state index in [1.807, 2.05) is 18.2 Å². The number of rotatable bonds is 8. The largest absolute Gasteiger partial charge is 0.497 e. The van der Waals surface area contributed by atoms with Crippen LogP contribution in [0.3, 0.4) is 0 Å². The molecule has 1 saturated heterocycles. The van der Waals surface area contributed by atoms with E-state index in [9.17, 15) is 4.79 Å². The van der Waals surface area contributed by atoms with E-state index in [1.54, 1.807) is 18.4 Å². The van der Waals surface area contributed by atoms with E-state index < -0.39 is 0 Å². The number of carbonyl (C=O) groups excluding carboxylic acids is 1. The number of piperazine rings is 1. The molecular formula is C28H29N3O2S. The summed E-state index contributed by atoms with van der Waals surface area (Å²) in [7, 11) is 1.66. The first-order valence-electron chi connectivity index (χ1n) is 11.7. The summed E-state index contributed by atoms with van der Waals surface area (Å²) < 4.78 is 6.36. The summed E-state index contributed by atoms with van der Waals surface area (Å²) in [6.07, 6.45) is 0.387. The highest BCUT2D eigenvalue weighted by atomic mass is 32.1. The van der Waals surface area contributed by atoms with Gasteiger partial charge in [-0.3, -0.25) is 14.6 Å². The van der Waals surface area contributed by atoms with Crippen molar-refractivity contribution < 1.29 is 9.53 Å². The average molecular weight is 472 g/mol. The van der Waals surface area contributed by atoms with Crippen molar-refractivity contribution in [3.8, 4) is 5.75 Å². The molecule has 34 heavy (non-hydrogen) atoms. The van der Waals surface area contributed by atoms with Crippen LogP contribution >= 0.6 is 11.3 Å². The van der Waals surface area contributed by atoms with Crippen molar-refractivity contribution in [3.63, 3.8) is 0 Å². The highest BCUT2D eigenvalue weighted by molar-refractivity contribution is 7.18. The smallest absolute Gasteiger partial charge is 0.153 e. The number of methoxy groups -OCH3 is 1. The Kier molecular flexibility index (Phi) is 7.00. The highest BCUT2D eigenvalue weighted by Crippen LogP contribution is 2.30. The van der Waals surface area contributed by atoms with Crippen LogP contribution in [0.5, 0.6) is 5.75 Å². The predicted molar refractivity (Wildman–Crippen MR) is 138 cm³/mol. The lowest BCUT2D eigenvalue weighted by molar-refractivity contribution is -0.120. The summed E-state index contributed by atoms with van der Waals surface area (Å²) in [5, 5.41) is 0.875. The number of Topliss-reactive ketones (excluding diaryl/α,β-unsaturated/α-hetero) is 1. The van der Waals surface area contributed by atoms with Crippen molar-refractivity contribution in [3.05, 3.63) is 95.0 Å². The number of thiazole rings is 1. The van der Waals surface area contributed by atoms with Gasteiger partial charge in [-0.1, -0.05) is 60.7 Å². The molecule has 0 unspecified atom stereocenters. The molecule has 0 atom stereocenters. The van der Waals surface area contributed by atoms with Gasteiger partial charge in [0.15, 0.2) is 5.78 Å². The van der Waals surface area contributed by atoms with Gasteiger partial charge in [-0.25, -0.2) is 4.98 Å². The van der Waals surface area contributed by atoms with Gasteiger partial charge in [0.2, 0.25) is 0 Å². The minimum absolute atomic E-state index is 0.224. The first kappa shape index (κ1) is 22.7. The van der Waals surface area contributed by atoms with Crippen molar-refractivity contribution in [1.29, 1.82) is 0 Å². The first-order valence-corrected chi connectivity index (χ1v) is 12.5. The van der Waals surface area contributed by atoms with E-state index in [2.05, 4.69) is 75.4 Å². The molecule has 4 aromatic rings. The molecule has 6 heteroatoms. The molecule has 1 aromatic heterocycles. The molecule has 0 radical (unpaired) electrons. The summed E-state index contributed by atoms with van der Waals surface area (Å²) >= 11 is 1.58. The second-order valence-corrected chi connectivity index (χ2v) is 9.81. The number of nitrogens with zero attached hydrogens (tertiary/aromatic N) is 3. The first-order chi connectivity index (χ1) is 16.7. The molecule has 5 rings (SSSR count). The standard InChI is InChI=1S/C28H29N3O2S/c1-33-24-12-13-25-26(19-24)34-27(29-25)18-23(32)20-30-14-16-31(17-15-30)28(21-8-4-2-5-9-21)22-10-6-3-7-11-22/h2-13,19,28H,14-18,20H2,1H3. The Morgan fingerprint density at radius 2 is 1.59 bits per heavy atom. The molecule has 174 valence electrons. The summed E-state index contributed by atoms with van der Waals surface area (Å²) in [5.74, 6) is 1.04. The van der Waals surface area contributed by atoms with Crippen LogP contribution in [0.15, 0.2) is 78.9 Å². The maximum absolute atomic E-state index is 12.8. The van der Waals surface area contributed by atoms with Gasteiger partial charge in [-0.05, 0) is 29.3 Å². The average Bonchev–Trinajstić information content (AvgIpc) is 3.27. The third-order valence-corrected chi connectivity index (χ3v) is 7.41. The lowest BCUT2D eigenvalue weighted by Gasteiger charge is -2.39. The molecule has 1 aliphatic heterocycles. The van der Waals surface area contributed by atoms with Crippen LogP contribution in [-0.2, 0) is 11.2 Å². The molecule has 0 amide bonds. The van der Waals surface area contributed by atoms with E-state index in [4.69, 9.17) is 4.74 Å².